The van der Waals surface area contributed by atoms with Gasteiger partial charge in [-0.15, -0.1) is 0 Å². The smallest absolute Gasteiger partial charge is 0.230 e. The molecule has 0 aliphatic rings. The molecule has 0 aliphatic carbocycles. The van der Waals surface area contributed by atoms with Crippen LogP contribution in [0.3, 0.4) is 0 Å². The second-order valence-corrected chi connectivity index (χ2v) is 5.94. The van der Waals surface area contributed by atoms with E-state index in [2.05, 4.69) is 27.3 Å². The maximum absolute atomic E-state index is 11.2. The van der Waals surface area contributed by atoms with Gasteiger partial charge in [0.05, 0.1) is 24.0 Å². The van der Waals surface area contributed by atoms with Gasteiger partial charge in [0, 0.05) is 0 Å². The average Bonchev–Trinajstić information content (AvgIpc) is 2.16. The normalized spacial score (nSPS) is 11.0. The van der Waals surface area contributed by atoms with Crippen LogP contribution in [0.5, 0.6) is 11.5 Å². The molecule has 16 heavy (non-hydrogen) atoms. The molecule has 0 aromatic heterocycles. The van der Waals surface area contributed by atoms with Crippen LogP contribution in [0.1, 0.15) is 0 Å². The maximum Gasteiger partial charge on any atom is 0.230 e. The topological polar surface area (TPSA) is 64.6 Å². The van der Waals surface area contributed by atoms with Crippen molar-refractivity contribution in [2.24, 2.45) is 0 Å². The Morgan fingerprint density at radius 1 is 1.25 bits per heavy atom. The van der Waals surface area contributed by atoms with Gasteiger partial charge in [-0.3, -0.25) is 4.72 Å². The molecule has 0 saturated carbocycles. The van der Waals surface area contributed by atoms with Crippen molar-refractivity contribution in [1.29, 1.82) is 0 Å². The van der Waals surface area contributed by atoms with Crippen LogP contribution in [0.15, 0.2) is 12.1 Å². The Kier molecular flexibility index (Phi) is 4.25. The third-order valence-electron chi connectivity index (χ3n) is 1.78. The summed E-state index contributed by atoms with van der Waals surface area (Å²) in [5, 5.41) is 0. The van der Waals surface area contributed by atoms with Crippen molar-refractivity contribution in [2.75, 3.05) is 25.2 Å². The van der Waals surface area contributed by atoms with E-state index in [4.69, 9.17) is 9.47 Å². The summed E-state index contributed by atoms with van der Waals surface area (Å²) in [5.74, 6) is 0.869. The van der Waals surface area contributed by atoms with Gasteiger partial charge in [-0.25, -0.2) is 8.42 Å². The van der Waals surface area contributed by atoms with Gasteiger partial charge in [0.15, 0.2) is 5.75 Å². The summed E-state index contributed by atoms with van der Waals surface area (Å²) in [7, 11) is -0.429. The number of hydrogen-bond donors (Lipinski definition) is 1. The van der Waals surface area contributed by atoms with E-state index in [0.29, 0.717) is 17.2 Å². The van der Waals surface area contributed by atoms with Gasteiger partial charge >= 0.3 is 0 Å². The Hall–Kier alpha value is -0.700. The maximum atomic E-state index is 11.2. The molecule has 1 aromatic rings. The number of rotatable bonds is 4. The first-order valence-electron chi connectivity index (χ1n) is 4.27. The molecule has 0 unspecified atom stereocenters. The van der Waals surface area contributed by atoms with Crippen LogP contribution in [0.25, 0.3) is 0 Å². The van der Waals surface area contributed by atoms with Gasteiger partial charge in [-0.05, 0) is 34.7 Å². The minimum atomic E-state index is -3.37. The molecule has 0 heterocycles. The molecule has 0 fully saturated rings. The van der Waals surface area contributed by atoms with Crippen LogP contribution in [-0.4, -0.2) is 28.9 Å². The molecule has 0 aliphatic heterocycles. The first kappa shape index (κ1) is 13.4. The van der Waals surface area contributed by atoms with Crippen LogP contribution < -0.4 is 14.2 Å². The fourth-order valence-corrected chi connectivity index (χ4v) is 2.42. The van der Waals surface area contributed by atoms with E-state index in [0.717, 1.165) is 9.83 Å². The zero-order chi connectivity index (χ0) is 12.3. The zero-order valence-electron chi connectivity index (χ0n) is 9.07. The Balaban J connectivity index is 3.36. The van der Waals surface area contributed by atoms with Crippen molar-refractivity contribution < 1.29 is 17.9 Å². The number of ether oxygens (including phenoxy) is 2. The Bertz CT molecular complexity index is 487. The van der Waals surface area contributed by atoms with Gasteiger partial charge in [0.1, 0.15) is 11.4 Å². The minimum Gasteiger partial charge on any atom is -0.494 e. The molecule has 0 spiro atoms. The second-order valence-electron chi connectivity index (χ2n) is 3.03. The highest BCUT2D eigenvalue weighted by Gasteiger charge is 2.16. The van der Waals surface area contributed by atoms with Crippen LogP contribution in [0.2, 0.25) is 0 Å². The van der Waals surface area contributed by atoms with E-state index in [1.807, 2.05) is 0 Å². The summed E-state index contributed by atoms with van der Waals surface area (Å²) in [5.41, 5.74) is 0.319. The fourth-order valence-electron chi connectivity index (χ4n) is 1.19. The van der Waals surface area contributed by atoms with E-state index < -0.39 is 10.0 Å². The van der Waals surface area contributed by atoms with Gasteiger partial charge < -0.3 is 9.47 Å². The van der Waals surface area contributed by atoms with Crippen molar-refractivity contribution in [3.8, 4) is 11.5 Å². The van der Waals surface area contributed by atoms with E-state index >= 15 is 0 Å². The van der Waals surface area contributed by atoms with Crippen LogP contribution in [0.4, 0.5) is 5.69 Å². The number of methoxy groups -OCH3 is 2. The lowest BCUT2D eigenvalue weighted by molar-refractivity contribution is 0.396. The molecule has 0 bridgehead atoms. The number of hydrogen-bond acceptors (Lipinski definition) is 4. The number of benzene rings is 1. The minimum absolute atomic E-state index is 0.319. The molecule has 1 aromatic carbocycles. The van der Waals surface area contributed by atoms with E-state index in [9.17, 15) is 8.42 Å². The molecular formula is C9H12INO4S. The van der Waals surface area contributed by atoms with E-state index in [-0.39, 0.29) is 0 Å². The van der Waals surface area contributed by atoms with Crippen molar-refractivity contribution in [3.63, 3.8) is 0 Å². The Morgan fingerprint density at radius 2 is 1.88 bits per heavy atom. The first-order chi connectivity index (χ1) is 7.39. The summed E-state index contributed by atoms with van der Waals surface area (Å²) in [6.07, 6.45) is 1.08. The standard InChI is InChI=1S/C9H12INO4S/c1-14-7-5-4-6(10)9(15-2)8(7)11-16(3,12)13/h4-5,11H,1-3H3. The molecule has 0 saturated heterocycles. The lowest BCUT2D eigenvalue weighted by atomic mass is 10.3. The highest BCUT2D eigenvalue weighted by atomic mass is 127. The molecule has 7 heteroatoms. The largest absolute Gasteiger partial charge is 0.494 e. The Morgan fingerprint density at radius 3 is 2.31 bits per heavy atom. The average molecular weight is 357 g/mol. The Labute approximate surface area is 108 Å². The first-order valence-corrected chi connectivity index (χ1v) is 7.24. The van der Waals surface area contributed by atoms with Crippen molar-refractivity contribution in [3.05, 3.63) is 15.7 Å². The molecule has 0 amide bonds. The number of nitrogens with one attached hydrogen (secondary N) is 1. The summed E-state index contributed by atoms with van der Waals surface area (Å²) in [6, 6.07) is 3.46. The summed E-state index contributed by atoms with van der Waals surface area (Å²) < 4.78 is 35.9. The van der Waals surface area contributed by atoms with E-state index in [1.54, 1.807) is 12.1 Å². The van der Waals surface area contributed by atoms with E-state index in [1.165, 1.54) is 14.2 Å². The van der Waals surface area contributed by atoms with Crippen molar-refractivity contribution >= 4 is 38.3 Å². The molecular weight excluding hydrogens is 345 g/mol. The number of halogens is 1. The molecule has 0 radical (unpaired) electrons. The lowest BCUT2D eigenvalue weighted by Crippen LogP contribution is -2.12. The number of sulfonamides is 1. The molecule has 5 nitrogen and oxygen atoms in total. The second kappa shape index (κ2) is 5.09. The van der Waals surface area contributed by atoms with Gasteiger partial charge in [-0.1, -0.05) is 0 Å². The highest BCUT2D eigenvalue weighted by Crippen LogP contribution is 2.38. The SMILES string of the molecule is COc1ccc(I)c(OC)c1NS(C)(=O)=O. The molecule has 0 atom stereocenters. The lowest BCUT2D eigenvalue weighted by Gasteiger charge is -2.14. The van der Waals surface area contributed by atoms with Gasteiger partial charge in [-0.2, -0.15) is 0 Å². The number of anilines is 1. The summed E-state index contributed by atoms with van der Waals surface area (Å²) in [4.78, 5) is 0. The van der Waals surface area contributed by atoms with Crippen LogP contribution in [0, 0.1) is 3.57 Å². The van der Waals surface area contributed by atoms with Crippen LogP contribution in [-0.2, 0) is 10.0 Å². The molecule has 90 valence electrons. The summed E-state index contributed by atoms with van der Waals surface area (Å²) >= 11 is 2.06. The van der Waals surface area contributed by atoms with Crippen molar-refractivity contribution in [1.82, 2.24) is 0 Å². The van der Waals surface area contributed by atoms with Crippen LogP contribution >= 0.6 is 22.6 Å². The molecule has 1 N–H and O–H groups in total. The fraction of sp³-hybridized carbons (Fsp3) is 0.333. The quantitative estimate of drug-likeness (QED) is 0.833. The zero-order valence-corrected chi connectivity index (χ0v) is 12.0. The van der Waals surface area contributed by atoms with Crippen molar-refractivity contribution in [2.45, 2.75) is 0 Å². The van der Waals surface area contributed by atoms with Gasteiger partial charge in [0.2, 0.25) is 10.0 Å². The third kappa shape index (κ3) is 3.14. The predicted octanol–water partition coefficient (Wildman–Crippen LogP) is 1.68. The monoisotopic (exact) mass is 357 g/mol. The highest BCUT2D eigenvalue weighted by molar-refractivity contribution is 14.1. The third-order valence-corrected chi connectivity index (χ3v) is 3.21. The summed E-state index contributed by atoms with van der Waals surface area (Å²) in [6.45, 7) is 0. The predicted molar refractivity (Wildman–Crippen MR) is 70.7 cm³/mol. The molecule has 1 rings (SSSR count). The van der Waals surface area contributed by atoms with Gasteiger partial charge in [0.25, 0.3) is 0 Å².